The van der Waals surface area contributed by atoms with E-state index in [1.54, 1.807) is 0 Å². The maximum absolute atomic E-state index is 6.21. The Balaban J connectivity index is 2.19. The molecular formula is C17H18BrClN2S. The van der Waals surface area contributed by atoms with Gasteiger partial charge in [0, 0.05) is 10.2 Å². The second kappa shape index (κ2) is 7.95. The summed E-state index contributed by atoms with van der Waals surface area (Å²) in [6.45, 7) is 4.28. The number of rotatable bonds is 4. The molecular weight excluding hydrogens is 380 g/mol. The number of nitrogens with one attached hydrogen (secondary N) is 2. The van der Waals surface area contributed by atoms with Crippen molar-refractivity contribution in [1.29, 1.82) is 0 Å². The van der Waals surface area contributed by atoms with Crippen molar-refractivity contribution in [2.24, 2.45) is 0 Å². The van der Waals surface area contributed by atoms with Crippen molar-refractivity contribution in [1.82, 2.24) is 0 Å². The van der Waals surface area contributed by atoms with Crippen LogP contribution in [-0.2, 0) is 12.8 Å². The monoisotopic (exact) mass is 396 g/mol. The quantitative estimate of drug-likeness (QED) is 0.615. The van der Waals surface area contributed by atoms with Gasteiger partial charge in [0.05, 0.1) is 10.7 Å². The summed E-state index contributed by atoms with van der Waals surface area (Å²) in [5.41, 5.74) is 4.39. The first kappa shape index (κ1) is 17.3. The summed E-state index contributed by atoms with van der Waals surface area (Å²) in [5, 5.41) is 7.64. The lowest BCUT2D eigenvalue weighted by Crippen LogP contribution is -2.21. The Kier molecular flexibility index (Phi) is 6.24. The highest BCUT2D eigenvalue weighted by molar-refractivity contribution is 9.10. The van der Waals surface area contributed by atoms with Gasteiger partial charge in [-0.05, 0) is 54.4 Å². The lowest BCUT2D eigenvalue weighted by molar-refractivity contribution is 1.09. The SMILES string of the molecule is CCc1cccc(CC)c1NC(=S)Nc1ccc(Br)cc1Cl. The highest BCUT2D eigenvalue weighted by atomic mass is 79.9. The molecule has 5 heteroatoms. The molecule has 2 nitrogen and oxygen atoms in total. The Morgan fingerprint density at radius 3 is 2.27 bits per heavy atom. The van der Waals surface area contributed by atoms with E-state index in [0.29, 0.717) is 10.1 Å². The summed E-state index contributed by atoms with van der Waals surface area (Å²) < 4.78 is 0.937. The van der Waals surface area contributed by atoms with Gasteiger partial charge in [-0.1, -0.05) is 59.6 Å². The molecule has 2 aromatic carbocycles. The van der Waals surface area contributed by atoms with Crippen LogP contribution in [-0.4, -0.2) is 5.11 Å². The van der Waals surface area contributed by atoms with E-state index in [9.17, 15) is 0 Å². The normalized spacial score (nSPS) is 10.4. The first-order valence-electron chi connectivity index (χ1n) is 7.19. The molecule has 0 saturated heterocycles. The molecule has 0 heterocycles. The average Bonchev–Trinajstić information content (AvgIpc) is 2.50. The summed E-state index contributed by atoms with van der Waals surface area (Å²) in [6, 6.07) is 12.0. The number of hydrogen-bond donors (Lipinski definition) is 2. The summed E-state index contributed by atoms with van der Waals surface area (Å²) in [6.07, 6.45) is 1.91. The van der Waals surface area contributed by atoms with E-state index in [4.69, 9.17) is 23.8 Å². The van der Waals surface area contributed by atoms with E-state index in [2.05, 4.69) is 58.6 Å². The number of aryl methyl sites for hydroxylation is 2. The van der Waals surface area contributed by atoms with Crippen molar-refractivity contribution < 1.29 is 0 Å². The van der Waals surface area contributed by atoms with Crippen molar-refractivity contribution in [3.63, 3.8) is 0 Å². The zero-order valence-electron chi connectivity index (χ0n) is 12.5. The Hall–Kier alpha value is -1.10. The predicted octanol–water partition coefficient (Wildman–Crippen LogP) is 6.04. The van der Waals surface area contributed by atoms with Gasteiger partial charge >= 0.3 is 0 Å². The molecule has 0 aliphatic heterocycles. The number of anilines is 2. The van der Waals surface area contributed by atoms with Crippen molar-refractivity contribution in [3.8, 4) is 0 Å². The Bertz CT molecular complexity index is 666. The minimum Gasteiger partial charge on any atom is -0.332 e. The van der Waals surface area contributed by atoms with Crippen LogP contribution in [0.25, 0.3) is 0 Å². The number of halogens is 2. The molecule has 0 aliphatic rings. The fraction of sp³-hybridized carbons (Fsp3) is 0.235. The third-order valence-electron chi connectivity index (χ3n) is 3.42. The van der Waals surface area contributed by atoms with Crippen LogP contribution < -0.4 is 10.6 Å². The number of benzene rings is 2. The summed E-state index contributed by atoms with van der Waals surface area (Å²) in [4.78, 5) is 0. The zero-order chi connectivity index (χ0) is 16.1. The fourth-order valence-corrected chi connectivity index (χ4v) is 3.19. The standard InChI is InChI=1S/C17H18BrClN2S/c1-3-11-6-5-7-12(4-2)16(11)21-17(22)20-15-9-8-13(18)10-14(15)19/h5-10H,3-4H2,1-2H3,(H2,20,21,22). The van der Waals surface area contributed by atoms with Crippen LogP contribution in [0.4, 0.5) is 11.4 Å². The lowest BCUT2D eigenvalue weighted by Gasteiger charge is -2.17. The summed E-state index contributed by atoms with van der Waals surface area (Å²) in [7, 11) is 0. The first-order chi connectivity index (χ1) is 10.5. The lowest BCUT2D eigenvalue weighted by atomic mass is 10.0. The predicted molar refractivity (Wildman–Crippen MR) is 104 cm³/mol. The Morgan fingerprint density at radius 2 is 1.73 bits per heavy atom. The van der Waals surface area contributed by atoms with E-state index in [0.717, 1.165) is 28.7 Å². The van der Waals surface area contributed by atoms with Crippen LogP contribution in [0.15, 0.2) is 40.9 Å². The van der Waals surface area contributed by atoms with Gasteiger partial charge in [-0.3, -0.25) is 0 Å². The topological polar surface area (TPSA) is 24.1 Å². The molecule has 2 N–H and O–H groups in total. The van der Waals surface area contributed by atoms with Crippen LogP contribution in [0, 0.1) is 0 Å². The molecule has 0 atom stereocenters. The van der Waals surface area contributed by atoms with E-state index >= 15 is 0 Å². The van der Waals surface area contributed by atoms with Crippen molar-refractivity contribution in [3.05, 3.63) is 57.0 Å². The summed E-state index contributed by atoms with van der Waals surface area (Å²) in [5.74, 6) is 0. The van der Waals surface area contributed by atoms with Crippen LogP contribution >= 0.6 is 39.7 Å². The van der Waals surface area contributed by atoms with E-state index in [1.165, 1.54) is 11.1 Å². The minimum absolute atomic E-state index is 0.542. The Labute approximate surface area is 150 Å². The smallest absolute Gasteiger partial charge is 0.175 e. The highest BCUT2D eigenvalue weighted by Crippen LogP contribution is 2.27. The molecule has 0 spiro atoms. The molecule has 0 radical (unpaired) electrons. The average molecular weight is 398 g/mol. The third-order valence-corrected chi connectivity index (χ3v) is 4.43. The van der Waals surface area contributed by atoms with Crippen molar-refractivity contribution in [2.45, 2.75) is 26.7 Å². The van der Waals surface area contributed by atoms with E-state index in [1.807, 2.05) is 18.2 Å². The maximum atomic E-state index is 6.21. The van der Waals surface area contributed by atoms with Gasteiger partial charge in [-0.15, -0.1) is 0 Å². The molecule has 0 saturated carbocycles. The molecule has 2 rings (SSSR count). The fourth-order valence-electron chi connectivity index (χ4n) is 2.26. The molecule has 0 bridgehead atoms. The molecule has 0 fully saturated rings. The molecule has 0 unspecified atom stereocenters. The van der Waals surface area contributed by atoms with Crippen LogP contribution in [0.3, 0.4) is 0 Å². The second-order valence-corrected chi connectivity index (χ2v) is 6.59. The number of thiocarbonyl (C=S) groups is 1. The van der Waals surface area contributed by atoms with Crippen molar-refractivity contribution >= 4 is 56.2 Å². The molecule has 22 heavy (non-hydrogen) atoms. The minimum atomic E-state index is 0.542. The van der Waals surface area contributed by atoms with Gasteiger partial charge in [0.15, 0.2) is 5.11 Å². The second-order valence-electron chi connectivity index (χ2n) is 4.86. The molecule has 0 aliphatic carbocycles. The van der Waals surface area contributed by atoms with Crippen LogP contribution in [0.2, 0.25) is 5.02 Å². The highest BCUT2D eigenvalue weighted by Gasteiger charge is 2.09. The maximum Gasteiger partial charge on any atom is 0.175 e. The number of hydrogen-bond acceptors (Lipinski definition) is 1. The third kappa shape index (κ3) is 4.22. The molecule has 2 aromatic rings. The zero-order valence-corrected chi connectivity index (χ0v) is 15.7. The van der Waals surface area contributed by atoms with Crippen LogP contribution in [0.5, 0.6) is 0 Å². The van der Waals surface area contributed by atoms with Gasteiger partial charge in [0.25, 0.3) is 0 Å². The van der Waals surface area contributed by atoms with Gasteiger partial charge in [0.1, 0.15) is 0 Å². The van der Waals surface area contributed by atoms with Gasteiger partial charge in [-0.25, -0.2) is 0 Å². The molecule has 0 amide bonds. The summed E-state index contributed by atoms with van der Waals surface area (Å²) >= 11 is 15.0. The molecule has 116 valence electrons. The van der Waals surface area contributed by atoms with E-state index in [-0.39, 0.29) is 0 Å². The number of para-hydroxylation sites is 1. The molecule has 0 aromatic heterocycles. The largest absolute Gasteiger partial charge is 0.332 e. The van der Waals surface area contributed by atoms with Gasteiger partial charge in [0.2, 0.25) is 0 Å². The van der Waals surface area contributed by atoms with Gasteiger partial charge < -0.3 is 10.6 Å². The van der Waals surface area contributed by atoms with Gasteiger partial charge in [-0.2, -0.15) is 0 Å². The van der Waals surface area contributed by atoms with Crippen LogP contribution in [0.1, 0.15) is 25.0 Å². The Morgan fingerprint density at radius 1 is 1.09 bits per heavy atom. The van der Waals surface area contributed by atoms with E-state index < -0.39 is 0 Å². The first-order valence-corrected chi connectivity index (χ1v) is 8.76. The van der Waals surface area contributed by atoms with Crippen molar-refractivity contribution in [2.75, 3.05) is 10.6 Å².